The zero-order valence-corrected chi connectivity index (χ0v) is 11.4. The van der Waals surface area contributed by atoms with E-state index in [0.717, 1.165) is 44.9 Å². The molecule has 5 heteroatoms. The van der Waals surface area contributed by atoms with Gasteiger partial charge in [0.25, 0.3) is 0 Å². The third-order valence-electron chi connectivity index (χ3n) is 3.72. The first-order valence-electron chi connectivity index (χ1n) is 6.76. The van der Waals surface area contributed by atoms with Crippen LogP contribution in [-0.4, -0.2) is 52.8 Å². The average Bonchev–Trinajstić information content (AvgIpc) is 2.81. The molecule has 18 heavy (non-hydrogen) atoms. The second kappa shape index (κ2) is 6.31. The van der Waals surface area contributed by atoms with Gasteiger partial charge in [0.05, 0.1) is 12.7 Å². The van der Waals surface area contributed by atoms with Gasteiger partial charge in [0, 0.05) is 45.0 Å². The van der Waals surface area contributed by atoms with Crippen LogP contribution >= 0.6 is 0 Å². The summed E-state index contributed by atoms with van der Waals surface area (Å²) in [7, 11) is 2.02. The van der Waals surface area contributed by atoms with E-state index in [1.807, 2.05) is 24.0 Å². The van der Waals surface area contributed by atoms with Crippen molar-refractivity contribution in [1.29, 1.82) is 0 Å². The minimum absolute atomic E-state index is 0.0936. The van der Waals surface area contributed by atoms with E-state index < -0.39 is 0 Å². The quantitative estimate of drug-likeness (QED) is 0.824. The highest BCUT2D eigenvalue weighted by atomic mass is 16.5. The van der Waals surface area contributed by atoms with Gasteiger partial charge in [0.2, 0.25) is 0 Å². The number of ether oxygens (including phenoxy) is 1. The van der Waals surface area contributed by atoms with Crippen molar-refractivity contribution < 1.29 is 4.74 Å². The molecule has 1 aliphatic rings. The van der Waals surface area contributed by atoms with Gasteiger partial charge < -0.3 is 15.0 Å². The van der Waals surface area contributed by atoms with Gasteiger partial charge >= 0.3 is 0 Å². The normalized spacial score (nSPS) is 23.2. The number of aryl methyl sites for hydroxylation is 2. The molecule has 0 amide bonds. The molecule has 0 spiro atoms. The van der Waals surface area contributed by atoms with Crippen LogP contribution in [0.4, 0.5) is 0 Å². The molecule has 1 aliphatic heterocycles. The summed E-state index contributed by atoms with van der Waals surface area (Å²) in [6.07, 6.45) is 5.80. The van der Waals surface area contributed by atoms with Crippen LogP contribution in [0.5, 0.6) is 0 Å². The highest BCUT2D eigenvalue weighted by Gasteiger charge is 2.25. The van der Waals surface area contributed by atoms with Crippen LogP contribution in [0.25, 0.3) is 0 Å². The van der Waals surface area contributed by atoms with E-state index in [9.17, 15) is 0 Å². The molecule has 0 bridgehead atoms. The molecule has 102 valence electrons. The summed E-state index contributed by atoms with van der Waals surface area (Å²) in [5.41, 5.74) is 6.24. The Bertz CT molecular complexity index is 366. The van der Waals surface area contributed by atoms with Crippen molar-refractivity contribution in [2.45, 2.75) is 31.9 Å². The van der Waals surface area contributed by atoms with Crippen LogP contribution in [0.3, 0.4) is 0 Å². The molecular formula is C13H24N4O. The predicted octanol–water partition coefficient (Wildman–Crippen LogP) is 0.401. The summed E-state index contributed by atoms with van der Waals surface area (Å²) in [6, 6.07) is 0.0936. The lowest BCUT2D eigenvalue weighted by Crippen LogP contribution is -2.50. The number of morpholine rings is 1. The fourth-order valence-electron chi connectivity index (χ4n) is 2.40. The van der Waals surface area contributed by atoms with Crippen molar-refractivity contribution >= 4 is 0 Å². The van der Waals surface area contributed by atoms with Crippen molar-refractivity contribution in [3.63, 3.8) is 0 Å². The smallest absolute Gasteiger partial charge is 0.108 e. The van der Waals surface area contributed by atoms with Gasteiger partial charge in [-0.2, -0.15) is 0 Å². The molecule has 2 atom stereocenters. The number of nitrogens with two attached hydrogens (primary N) is 1. The molecular weight excluding hydrogens is 228 g/mol. The molecule has 5 nitrogen and oxygen atoms in total. The number of aromatic nitrogens is 2. The maximum atomic E-state index is 6.24. The van der Waals surface area contributed by atoms with Gasteiger partial charge in [0.15, 0.2) is 0 Å². The molecule has 1 saturated heterocycles. The Hall–Kier alpha value is -0.910. The lowest BCUT2D eigenvalue weighted by molar-refractivity contribution is -0.0398. The molecule has 2 rings (SSSR count). The van der Waals surface area contributed by atoms with Gasteiger partial charge in [-0.25, -0.2) is 4.98 Å². The zero-order valence-electron chi connectivity index (χ0n) is 11.4. The Balaban J connectivity index is 1.80. The zero-order chi connectivity index (χ0) is 13.0. The van der Waals surface area contributed by atoms with Crippen LogP contribution in [0, 0.1) is 0 Å². The lowest BCUT2D eigenvalue weighted by atomic mass is 10.0. The third kappa shape index (κ3) is 3.31. The van der Waals surface area contributed by atoms with Gasteiger partial charge in [-0.1, -0.05) is 6.92 Å². The first-order valence-corrected chi connectivity index (χ1v) is 6.76. The Morgan fingerprint density at radius 3 is 3.11 bits per heavy atom. The number of likely N-dealkylation sites (N-methyl/N-ethyl adjacent to an activating group) is 1. The standard InChI is InChI=1S/C13H24N4O/c1-3-17-8-9-18-12(10-17)11(14)4-5-13-15-6-7-16(13)2/h6-7,11-12H,3-5,8-10,14H2,1-2H3. The number of hydrogen-bond donors (Lipinski definition) is 1. The van der Waals surface area contributed by atoms with Crippen LogP contribution in [0.15, 0.2) is 12.4 Å². The number of hydrogen-bond acceptors (Lipinski definition) is 4. The Morgan fingerprint density at radius 1 is 1.61 bits per heavy atom. The summed E-state index contributed by atoms with van der Waals surface area (Å²) >= 11 is 0. The second-order valence-corrected chi connectivity index (χ2v) is 4.96. The highest BCUT2D eigenvalue weighted by molar-refractivity contribution is 4.93. The maximum Gasteiger partial charge on any atom is 0.108 e. The lowest BCUT2D eigenvalue weighted by Gasteiger charge is -2.35. The molecule has 1 aromatic heterocycles. The molecule has 2 unspecified atom stereocenters. The van der Waals surface area contributed by atoms with E-state index in [4.69, 9.17) is 10.5 Å². The van der Waals surface area contributed by atoms with E-state index in [-0.39, 0.29) is 12.1 Å². The fourth-order valence-corrected chi connectivity index (χ4v) is 2.40. The summed E-state index contributed by atoms with van der Waals surface area (Å²) < 4.78 is 7.83. The molecule has 1 aromatic rings. The third-order valence-corrected chi connectivity index (χ3v) is 3.72. The van der Waals surface area contributed by atoms with Gasteiger partial charge in [-0.15, -0.1) is 0 Å². The summed E-state index contributed by atoms with van der Waals surface area (Å²) in [6.45, 7) is 6.04. The van der Waals surface area contributed by atoms with E-state index in [1.54, 1.807) is 0 Å². The van der Waals surface area contributed by atoms with Gasteiger partial charge in [-0.3, -0.25) is 4.90 Å². The molecule has 2 N–H and O–H groups in total. The summed E-state index contributed by atoms with van der Waals surface area (Å²) in [4.78, 5) is 6.72. The molecule has 0 saturated carbocycles. The topological polar surface area (TPSA) is 56.3 Å². The molecule has 0 aliphatic carbocycles. The minimum Gasteiger partial charge on any atom is -0.374 e. The molecule has 0 aromatic carbocycles. The molecule has 0 radical (unpaired) electrons. The van der Waals surface area contributed by atoms with Crippen LogP contribution in [-0.2, 0) is 18.2 Å². The SMILES string of the molecule is CCN1CCOC(C(N)CCc2nccn2C)C1. The van der Waals surface area contributed by atoms with E-state index in [0.29, 0.717) is 0 Å². The summed E-state index contributed by atoms with van der Waals surface area (Å²) in [5.74, 6) is 1.09. The van der Waals surface area contributed by atoms with Crippen molar-refractivity contribution in [3.05, 3.63) is 18.2 Å². The van der Waals surface area contributed by atoms with Crippen molar-refractivity contribution in [2.75, 3.05) is 26.2 Å². The number of rotatable bonds is 5. The maximum absolute atomic E-state index is 6.24. The van der Waals surface area contributed by atoms with E-state index >= 15 is 0 Å². The van der Waals surface area contributed by atoms with Crippen molar-refractivity contribution in [2.24, 2.45) is 12.8 Å². The largest absolute Gasteiger partial charge is 0.374 e. The van der Waals surface area contributed by atoms with Gasteiger partial charge in [0.1, 0.15) is 5.82 Å². The summed E-state index contributed by atoms with van der Waals surface area (Å²) in [5, 5.41) is 0. The van der Waals surface area contributed by atoms with Crippen molar-refractivity contribution in [3.8, 4) is 0 Å². The van der Waals surface area contributed by atoms with Crippen LogP contribution in [0.2, 0.25) is 0 Å². The Kier molecular flexibility index (Phi) is 4.74. The van der Waals surface area contributed by atoms with Crippen molar-refractivity contribution in [1.82, 2.24) is 14.5 Å². The Labute approximate surface area is 109 Å². The monoisotopic (exact) mass is 252 g/mol. The fraction of sp³-hybridized carbons (Fsp3) is 0.769. The number of imidazole rings is 1. The highest BCUT2D eigenvalue weighted by Crippen LogP contribution is 2.11. The van der Waals surface area contributed by atoms with E-state index in [1.165, 1.54) is 0 Å². The minimum atomic E-state index is 0.0936. The number of nitrogens with zero attached hydrogens (tertiary/aromatic N) is 3. The molecule has 2 heterocycles. The Morgan fingerprint density at radius 2 is 2.44 bits per heavy atom. The predicted molar refractivity (Wildman–Crippen MR) is 71.4 cm³/mol. The first kappa shape index (κ1) is 13.5. The van der Waals surface area contributed by atoms with Crippen LogP contribution in [0.1, 0.15) is 19.2 Å². The average molecular weight is 252 g/mol. The first-order chi connectivity index (χ1) is 8.70. The van der Waals surface area contributed by atoms with Gasteiger partial charge in [-0.05, 0) is 13.0 Å². The van der Waals surface area contributed by atoms with Crippen LogP contribution < -0.4 is 5.73 Å². The molecule has 1 fully saturated rings. The second-order valence-electron chi connectivity index (χ2n) is 4.96. The van der Waals surface area contributed by atoms with E-state index in [2.05, 4.69) is 16.8 Å².